The number of nitrogens with zero attached hydrogens (tertiary/aromatic N) is 4. The number of nitrogens with one attached hydrogen (secondary N) is 1. The standard InChI is InChI=1S/C24H25ClFN5O/c1-16-22(14-18-6-8-19(25)9-7-18)23(28-17(2)27-16)30-10-12-31(13-11-30)24(32)29-21-5-3-4-20(26)15-21/h3-9,15H,10-14H2,1-2H3,(H,29,32). The zero-order chi connectivity index (χ0) is 22.7. The van der Waals surface area contributed by atoms with Crippen LogP contribution in [0.2, 0.25) is 5.02 Å². The van der Waals surface area contributed by atoms with Crippen LogP contribution in [0.15, 0.2) is 48.5 Å². The maximum absolute atomic E-state index is 13.4. The Bertz CT molecular complexity index is 1110. The molecule has 1 aliphatic rings. The Morgan fingerprint density at radius 2 is 1.78 bits per heavy atom. The highest BCUT2D eigenvalue weighted by atomic mass is 35.5. The van der Waals surface area contributed by atoms with Gasteiger partial charge in [0.25, 0.3) is 0 Å². The molecule has 0 atom stereocenters. The summed E-state index contributed by atoms with van der Waals surface area (Å²) in [4.78, 5) is 25.9. The number of carbonyl (C=O) groups excluding carboxylic acids is 1. The Hall–Kier alpha value is -3.19. The van der Waals surface area contributed by atoms with E-state index in [0.29, 0.717) is 43.3 Å². The lowest BCUT2D eigenvalue weighted by Gasteiger charge is -2.36. The summed E-state index contributed by atoms with van der Waals surface area (Å²) >= 11 is 6.03. The van der Waals surface area contributed by atoms with Crippen LogP contribution < -0.4 is 10.2 Å². The average Bonchev–Trinajstić information content (AvgIpc) is 2.77. The Morgan fingerprint density at radius 1 is 1.06 bits per heavy atom. The molecule has 1 fully saturated rings. The Morgan fingerprint density at radius 3 is 2.47 bits per heavy atom. The minimum atomic E-state index is -0.379. The first kappa shape index (κ1) is 22.0. The number of benzene rings is 2. The van der Waals surface area contributed by atoms with Crippen molar-refractivity contribution in [3.63, 3.8) is 0 Å². The topological polar surface area (TPSA) is 61.4 Å². The van der Waals surface area contributed by atoms with E-state index in [9.17, 15) is 9.18 Å². The monoisotopic (exact) mass is 453 g/mol. The van der Waals surface area contributed by atoms with Gasteiger partial charge in [-0.1, -0.05) is 29.8 Å². The highest BCUT2D eigenvalue weighted by Crippen LogP contribution is 2.26. The molecule has 32 heavy (non-hydrogen) atoms. The predicted octanol–water partition coefficient (Wildman–Crippen LogP) is 4.83. The van der Waals surface area contributed by atoms with E-state index in [0.717, 1.165) is 28.5 Å². The number of aromatic nitrogens is 2. The second-order valence-corrected chi connectivity index (χ2v) is 8.31. The van der Waals surface area contributed by atoms with Crippen molar-refractivity contribution in [2.45, 2.75) is 20.3 Å². The van der Waals surface area contributed by atoms with Crippen molar-refractivity contribution in [2.75, 3.05) is 36.4 Å². The van der Waals surface area contributed by atoms with E-state index >= 15 is 0 Å². The van der Waals surface area contributed by atoms with Crippen LogP contribution in [0.25, 0.3) is 0 Å². The van der Waals surface area contributed by atoms with Crippen molar-refractivity contribution < 1.29 is 9.18 Å². The number of aryl methyl sites for hydroxylation is 2. The summed E-state index contributed by atoms with van der Waals surface area (Å²) in [5.74, 6) is 1.26. The lowest BCUT2D eigenvalue weighted by molar-refractivity contribution is 0.208. The van der Waals surface area contributed by atoms with Crippen LogP contribution in [0, 0.1) is 19.7 Å². The zero-order valence-electron chi connectivity index (χ0n) is 18.1. The van der Waals surface area contributed by atoms with Crippen molar-refractivity contribution >= 4 is 29.1 Å². The molecule has 0 spiro atoms. The molecule has 2 amide bonds. The molecule has 6 nitrogen and oxygen atoms in total. The molecular formula is C24H25ClFN5O. The minimum absolute atomic E-state index is 0.230. The summed E-state index contributed by atoms with van der Waals surface area (Å²) in [7, 11) is 0. The fourth-order valence-electron chi connectivity index (χ4n) is 3.88. The van der Waals surface area contributed by atoms with Crippen molar-refractivity contribution in [2.24, 2.45) is 0 Å². The number of amides is 2. The van der Waals surface area contributed by atoms with Gasteiger partial charge < -0.3 is 15.1 Å². The van der Waals surface area contributed by atoms with Gasteiger partial charge in [0.15, 0.2) is 0 Å². The molecule has 2 aromatic carbocycles. The van der Waals surface area contributed by atoms with Crippen molar-refractivity contribution in [3.8, 4) is 0 Å². The van der Waals surface area contributed by atoms with Crippen LogP contribution >= 0.6 is 11.6 Å². The molecule has 2 heterocycles. The average molecular weight is 454 g/mol. The fourth-order valence-corrected chi connectivity index (χ4v) is 4.01. The minimum Gasteiger partial charge on any atom is -0.353 e. The molecule has 166 valence electrons. The summed E-state index contributed by atoms with van der Waals surface area (Å²) in [5.41, 5.74) is 3.62. The van der Waals surface area contributed by atoms with E-state index in [4.69, 9.17) is 16.6 Å². The smallest absolute Gasteiger partial charge is 0.321 e. The summed E-state index contributed by atoms with van der Waals surface area (Å²) in [6.45, 7) is 6.30. The molecule has 4 rings (SSSR count). The molecule has 3 aromatic rings. The molecule has 0 radical (unpaired) electrons. The largest absolute Gasteiger partial charge is 0.353 e. The summed E-state index contributed by atoms with van der Waals surface area (Å²) < 4.78 is 13.4. The first-order chi connectivity index (χ1) is 15.4. The van der Waals surface area contributed by atoms with E-state index in [1.54, 1.807) is 17.0 Å². The molecule has 1 N–H and O–H groups in total. The van der Waals surface area contributed by atoms with Gasteiger partial charge in [0, 0.05) is 54.6 Å². The van der Waals surface area contributed by atoms with E-state index in [1.807, 2.05) is 38.1 Å². The summed E-state index contributed by atoms with van der Waals surface area (Å²) in [6, 6.07) is 13.5. The number of carbonyl (C=O) groups is 1. The quantitative estimate of drug-likeness (QED) is 0.614. The lowest BCUT2D eigenvalue weighted by atomic mass is 10.0. The molecule has 1 aliphatic heterocycles. The highest BCUT2D eigenvalue weighted by Gasteiger charge is 2.25. The van der Waals surface area contributed by atoms with Crippen molar-refractivity contribution in [3.05, 3.63) is 82.0 Å². The molecule has 0 bridgehead atoms. The first-order valence-corrected chi connectivity index (χ1v) is 10.9. The van der Waals surface area contributed by atoms with Gasteiger partial charge in [0.1, 0.15) is 17.5 Å². The normalized spacial score (nSPS) is 13.9. The highest BCUT2D eigenvalue weighted by molar-refractivity contribution is 6.30. The predicted molar refractivity (Wildman–Crippen MR) is 125 cm³/mol. The molecule has 1 aromatic heterocycles. The van der Waals surface area contributed by atoms with Gasteiger partial charge in [0.05, 0.1) is 0 Å². The lowest BCUT2D eigenvalue weighted by Crippen LogP contribution is -2.50. The van der Waals surface area contributed by atoms with Gasteiger partial charge in [-0.15, -0.1) is 0 Å². The van der Waals surface area contributed by atoms with Crippen LogP contribution in [-0.4, -0.2) is 47.1 Å². The molecule has 0 saturated carbocycles. The van der Waals surface area contributed by atoms with Crippen LogP contribution in [0.4, 0.5) is 20.7 Å². The van der Waals surface area contributed by atoms with Crippen LogP contribution in [-0.2, 0) is 6.42 Å². The van der Waals surface area contributed by atoms with Crippen molar-refractivity contribution in [1.82, 2.24) is 14.9 Å². The van der Waals surface area contributed by atoms with Gasteiger partial charge in [-0.2, -0.15) is 0 Å². The molecule has 1 saturated heterocycles. The van der Waals surface area contributed by atoms with E-state index in [-0.39, 0.29) is 11.8 Å². The Balaban J connectivity index is 1.47. The zero-order valence-corrected chi connectivity index (χ0v) is 18.9. The third-order valence-electron chi connectivity index (χ3n) is 5.54. The SMILES string of the molecule is Cc1nc(C)c(Cc2ccc(Cl)cc2)c(N2CCN(C(=O)Nc3cccc(F)c3)CC2)n1. The van der Waals surface area contributed by atoms with Gasteiger partial charge >= 0.3 is 6.03 Å². The van der Waals surface area contributed by atoms with Crippen LogP contribution in [0.5, 0.6) is 0 Å². The molecule has 0 unspecified atom stereocenters. The Labute approximate surface area is 192 Å². The van der Waals surface area contributed by atoms with Gasteiger partial charge in [-0.25, -0.2) is 19.2 Å². The van der Waals surface area contributed by atoms with E-state index in [1.165, 1.54) is 12.1 Å². The third kappa shape index (κ3) is 5.16. The number of rotatable bonds is 4. The number of piperazine rings is 1. The number of anilines is 2. The summed E-state index contributed by atoms with van der Waals surface area (Å²) in [6.07, 6.45) is 0.707. The number of halogens is 2. The fraction of sp³-hybridized carbons (Fsp3) is 0.292. The van der Waals surface area contributed by atoms with E-state index in [2.05, 4.69) is 15.2 Å². The molecular weight excluding hydrogens is 429 g/mol. The number of hydrogen-bond acceptors (Lipinski definition) is 4. The maximum atomic E-state index is 13.4. The van der Waals surface area contributed by atoms with Gasteiger partial charge in [0.2, 0.25) is 0 Å². The second kappa shape index (κ2) is 9.53. The van der Waals surface area contributed by atoms with Crippen molar-refractivity contribution in [1.29, 1.82) is 0 Å². The van der Waals surface area contributed by atoms with Gasteiger partial charge in [-0.3, -0.25) is 0 Å². The van der Waals surface area contributed by atoms with Crippen LogP contribution in [0.1, 0.15) is 22.6 Å². The van der Waals surface area contributed by atoms with Gasteiger partial charge in [-0.05, 0) is 49.7 Å². The summed E-state index contributed by atoms with van der Waals surface area (Å²) in [5, 5.41) is 3.47. The molecule has 0 aliphatic carbocycles. The number of hydrogen-bond donors (Lipinski definition) is 1. The number of urea groups is 1. The van der Waals surface area contributed by atoms with Crippen LogP contribution in [0.3, 0.4) is 0 Å². The Kier molecular flexibility index (Phi) is 6.55. The second-order valence-electron chi connectivity index (χ2n) is 7.88. The maximum Gasteiger partial charge on any atom is 0.321 e. The third-order valence-corrected chi connectivity index (χ3v) is 5.79. The van der Waals surface area contributed by atoms with E-state index < -0.39 is 0 Å². The first-order valence-electron chi connectivity index (χ1n) is 10.5. The molecule has 8 heteroatoms.